The van der Waals surface area contributed by atoms with Gasteiger partial charge in [-0.15, -0.1) is 0 Å². The number of amides is 1. The van der Waals surface area contributed by atoms with Gasteiger partial charge < -0.3 is 20.3 Å². The number of hydrogen-bond acceptors (Lipinski definition) is 5. The van der Waals surface area contributed by atoms with Gasteiger partial charge in [-0.2, -0.15) is 0 Å². The average Bonchev–Trinajstić information content (AvgIpc) is 3.36. The van der Waals surface area contributed by atoms with Gasteiger partial charge in [-0.25, -0.2) is 0 Å². The predicted octanol–water partition coefficient (Wildman–Crippen LogP) is 19.8. The molecule has 6 nitrogen and oxygen atoms in total. The first-order chi connectivity index (χ1) is 34.5. The van der Waals surface area contributed by atoms with E-state index in [1.54, 1.807) is 0 Å². The molecule has 0 aliphatic rings. The second kappa shape index (κ2) is 59.9. The number of unbranched alkanes of at least 4 members (excludes halogenated alkanes) is 44. The Labute approximate surface area is 437 Å². The van der Waals surface area contributed by atoms with Crippen LogP contribution in [0.25, 0.3) is 0 Å². The van der Waals surface area contributed by atoms with Gasteiger partial charge in [-0.1, -0.05) is 282 Å². The van der Waals surface area contributed by atoms with Crippen LogP contribution >= 0.6 is 0 Å². The lowest BCUT2D eigenvalue weighted by atomic mass is 10.0. The highest BCUT2D eigenvalue weighted by Gasteiger charge is 2.20. The minimum atomic E-state index is -0.669. The molecule has 0 aliphatic heterocycles. The van der Waals surface area contributed by atoms with E-state index < -0.39 is 12.1 Å². The predicted molar refractivity (Wildman–Crippen MR) is 306 cm³/mol. The van der Waals surface area contributed by atoms with Crippen LogP contribution in [0.15, 0.2) is 24.3 Å². The van der Waals surface area contributed by atoms with E-state index in [0.717, 1.165) is 44.9 Å². The molecule has 0 heterocycles. The highest BCUT2D eigenvalue weighted by molar-refractivity contribution is 5.76. The zero-order valence-electron chi connectivity index (χ0n) is 47.3. The Morgan fingerprint density at radius 3 is 1.01 bits per heavy atom. The lowest BCUT2D eigenvalue weighted by Gasteiger charge is -2.22. The first kappa shape index (κ1) is 68.3. The summed E-state index contributed by atoms with van der Waals surface area (Å²) in [5.41, 5.74) is 0. The topological polar surface area (TPSA) is 95.9 Å². The molecule has 0 aromatic rings. The maximum atomic E-state index is 12.5. The summed E-state index contributed by atoms with van der Waals surface area (Å²) in [6.45, 7) is 4.96. The van der Waals surface area contributed by atoms with Gasteiger partial charge in [0.15, 0.2) is 0 Å². The summed E-state index contributed by atoms with van der Waals surface area (Å²) in [7, 11) is 0. The zero-order chi connectivity index (χ0) is 50.7. The maximum Gasteiger partial charge on any atom is 0.305 e. The van der Waals surface area contributed by atoms with Crippen LogP contribution in [0.4, 0.5) is 0 Å². The van der Waals surface area contributed by atoms with Crippen LogP contribution in [0.1, 0.15) is 348 Å². The van der Waals surface area contributed by atoms with Crippen LogP contribution in [-0.4, -0.2) is 47.4 Å². The number of ether oxygens (including phenoxy) is 1. The minimum absolute atomic E-state index is 0.00385. The van der Waals surface area contributed by atoms with E-state index in [9.17, 15) is 19.8 Å². The summed E-state index contributed by atoms with van der Waals surface area (Å²) in [4.78, 5) is 24.6. The molecule has 0 aliphatic carbocycles. The van der Waals surface area contributed by atoms with Gasteiger partial charge in [0.25, 0.3) is 0 Å². The second-order valence-corrected chi connectivity index (χ2v) is 21.7. The van der Waals surface area contributed by atoms with Crippen molar-refractivity contribution in [2.75, 3.05) is 13.2 Å². The third kappa shape index (κ3) is 55.7. The fourth-order valence-corrected chi connectivity index (χ4v) is 9.87. The van der Waals surface area contributed by atoms with E-state index in [4.69, 9.17) is 4.74 Å². The summed E-state index contributed by atoms with van der Waals surface area (Å²) in [5, 5.41) is 23.3. The zero-order valence-corrected chi connectivity index (χ0v) is 47.3. The molecule has 2 unspecified atom stereocenters. The Balaban J connectivity index is 3.41. The Kier molecular flexibility index (Phi) is 58.5. The Morgan fingerprint density at radius 1 is 0.386 bits per heavy atom. The van der Waals surface area contributed by atoms with E-state index >= 15 is 0 Å². The summed E-state index contributed by atoms with van der Waals surface area (Å²) in [5.74, 6) is -0.0380. The molecule has 0 bridgehead atoms. The molecular weight excluding hydrogens is 863 g/mol. The van der Waals surface area contributed by atoms with Crippen molar-refractivity contribution in [1.82, 2.24) is 5.32 Å². The van der Waals surface area contributed by atoms with E-state index in [1.165, 1.54) is 270 Å². The summed E-state index contributed by atoms with van der Waals surface area (Å²) >= 11 is 0. The van der Waals surface area contributed by atoms with Gasteiger partial charge in [0.05, 0.1) is 25.4 Å². The van der Waals surface area contributed by atoms with Gasteiger partial charge >= 0.3 is 5.97 Å². The Morgan fingerprint density at radius 2 is 0.671 bits per heavy atom. The normalized spacial score (nSPS) is 12.7. The molecular formula is C64H123NO5. The van der Waals surface area contributed by atoms with Crippen LogP contribution < -0.4 is 5.32 Å². The molecule has 0 saturated heterocycles. The molecule has 0 fully saturated rings. The number of aliphatic hydroxyl groups is 2. The van der Waals surface area contributed by atoms with Crippen LogP contribution in [0.3, 0.4) is 0 Å². The van der Waals surface area contributed by atoms with E-state index in [2.05, 4.69) is 43.5 Å². The number of esters is 1. The van der Waals surface area contributed by atoms with Crippen molar-refractivity contribution in [3.8, 4) is 0 Å². The average molecular weight is 987 g/mol. The molecule has 414 valence electrons. The van der Waals surface area contributed by atoms with Crippen molar-refractivity contribution in [3.63, 3.8) is 0 Å². The first-order valence-electron chi connectivity index (χ1n) is 31.6. The molecule has 0 radical (unpaired) electrons. The van der Waals surface area contributed by atoms with Gasteiger partial charge in [-0.3, -0.25) is 9.59 Å². The van der Waals surface area contributed by atoms with Crippen molar-refractivity contribution < 1.29 is 24.5 Å². The molecule has 6 heteroatoms. The lowest BCUT2D eigenvalue weighted by molar-refractivity contribution is -0.143. The molecule has 0 aromatic heterocycles. The SMILES string of the molecule is CCCCCCCCC/C=C\CCCCCCCCCC(=O)OCCCCCCCCCCC/C=C\CCCCCCCCCC(=O)NC(CO)C(O)CCCCCCCCCCCCCCCCC. The largest absolute Gasteiger partial charge is 0.466 e. The summed E-state index contributed by atoms with van der Waals surface area (Å²) < 4.78 is 5.49. The maximum absolute atomic E-state index is 12.5. The monoisotopic (exact) mass is 986 g/mol. The number of carbonyl (C=O) groups is 2. The van der Waals surface area contributed by atoms with Crippen molar-refractivity contribution in [3.05, 3.63) is 24.3 Å². The highest BCUT2D eigenvalue weighted by atomic mass is 16.5. The third-order valence-electron chi connectivity index (χ3n) is 14.7. The number of rotatable bonds is 59. The molecule has 0 aromatic carbocycles. The lowest BCUT2D eigenvalue weighted by Crippen LogP contribution is -2.45. The Hall–Kier alpha value is -1.66. The van der Waals surface area contributed by atoms with Crippen molar-refractivity contribution >= 4 is 11.9 Å². The van der Waals surface area contributed by atoms with Crippen LogP contribution in [0, 0.1) is 0 Å². The smallest absolute Gasteiger partial charge is 0.305 e. The molecule has 0 saturated carbocycles. The van der Waals surface area contributed by atoms with Crippen LogP contribution in [0.5, 0.6) is 0 Å². The fourth-order valence-electron chi connectivity index (χ4n) is 9.87. The first-order valence-corrected chi connectivity index (χ1v) is 31.6. The van der Waals surface area contributed by atoms with Crippen molar-refractivity contribution in [2.24, 2.45) is 0 Å². The molecule has 1 amide bonds. The number of hydrogen-bond donors (Lipinski definition) is 3. The van der Waals surface area contributed by atoms with E-state index in [0.29, 0.717) is 25.9 Å². The van der Waals surface area contributed by atoms with Gasteiger partial charge in [0.2, 0.25) is 5.91 Å². The minimum Gasteiger partial charge on any atom is -0.466 e. The number of nitrogens with one attached hydrogen (secondary N) is 1. The van der Waals surface area contributed by atoms with Crippen LogP contribution in [-0.2, 0) is 14.3 Å². The summed E-state index contributed by atoms with van der Waals surface area (Å²) in [6, 6.07) is -0.548. The molecule has 0 rings (SSSR count). The number of allylic oxidation sites excluding steroid dienone is 4. The number of aliphatic hydroxyl groups excluding tert-OH is 2. The Bertz CT molecular complexity index is 1090. The van der Waals surface area contributed by atoms with Gasteiger partial charge in [0.1, 0.15) is 0 Å². The van der Waals surface area contributed by atoms with Gasteiger partial charge in [0, 0.05) is 12.8 Å². The molecule has 0 spiro atoms. The van der Waals surface area contributed by atoms with Crippen LogP contribution in [0.2, 0.25) is 0 Å². The van der Waals surface area contributed by atoms with Crippen molar-refractivity contribution in [2.45, 2.75) is 360 Å². The highest BCUT2D eigenvalue weighted by Crippen LogP contribution is 2.17. The summed E-state index contributed by atoms with van der Waals surface area (Å²) in [6.07, 6.45) is 73.3. The number of carbonyl (C=O) groups excluding carboxylic acids is 2. The van der Waals surface area contributed by atoms with Gasteiger partial charge in [-0.05, 0) is 77.0 Å². The second-order valence-electron chi connectivity index (χ2n) is 21.7. The molecule has 2 atom stereocenters. The fraction of sp³-hybridized carbons (Fsp3) is 0.906. The van der Waals surface area contributed by atoms with E-state index in [-0.39, 0.29) is 18.5 Å². The van der Waals surface area contributed by atoms with Crippen molar-refractivity contribution in [1.29, 1.82) is 0 Å². The third-order valence-corrected chi connectivity index (χ3v) is 14.7. The standard InChI is InChI=1S/C64H123NO5/c1-3-5-7-9-11-13-15-17-19-20-26-30-34-38-42-46-50-54-58-64(69)70-59-55-51-47-43-39-35-31-27-24-22-21-23-25-29-33-37-41-45-49-53-57-63(68)65-61(60-66)62(67)56-52-48-44-40-36-32-28-18-16-14-12-10-8-6-4-2/h19-21,23,61-62,66-67H,3-18,22,24-60H2,1-2H3,(H,65,68)/b20-19-,23-21-. The quantitative estimate of drug-likeness (QED) is 0.0321. The molecule has 70 heavy (non-hydrogen) atoms. The van der Waals surface area contributed by atoms with E-state index in [1.807, 2.05) is 0 Å². The molecule has 3 N–H and O–H groups in total.